The van der Waals surface area contributed by atoms with Gasteiger partial charge in [0.2, 0.25) is 5.91 Å². The van der Waals surface area contributed by atoms with Gasteiger partial charge in [0.25, 0.3) is 5.91 Å². The minimum absolute atomic E-state index is 0.00865. The lowest BCUT2D eigenvalue weighted by atomic mass is 10.1. The fraction of sp³-hybridized carbons (Fsp3) is 0.412. The van der Waals surface area contributed by atoms with Crippen LogP contribution in [0.25, 0.3) is 0 Å². The van der Waals surface area contributed by atoms with Crippen molar-refractivity contribution in [2.24, 2.45) is 0 Å². The van der Waals surface area contributed by atoms with E-state index in [1.807, 2.05) is 30.0 Å². The summed E-state index contributed by atoms with van der Waals surface area (Å²) in [6.07, 6.45) is 2.22. The minimum Gasteiger partial charge on any atom is -0.377 e. The van der Waals surface area contributed by atoms with Crippen LogP contribution < -0.4 is 5.32 Å². The Kier molecular flexibility index (Phi) is 5.72. The van der Waals surface area contributed by atoms with E-state index in [9.17, 15) is 9.59 Å². The van der Waals surface area contributed by atoms with Gasteiger partial charge in [0, 0.05) is 31.8 Å². The van der Waals surface area contributed by atoms with E-state index in [1.54, 1.807) is 6.07 Å². The molecule has 1 aromatic carbocycles. The van der Waals surface area contributed by atoms with Gasteiger partial charge in [-0.3, -0.25) is 9.59 Å². The zero-order valence-corrected chi connectivity index (χ0v) is 12.9. The molecule has 1 heterocycles. The van der Waals surface area contributed by atoms with E-state index in [-0.39, 0.29) is 17.9 Å². The van der Waals surface area contributed by atoms with Crippen molar-refractivity contribution in [3.8, 4) is 0 Å². The topological polar surface area (TPSA) is 58.6 Å². The van der Waals surface area contributed by atoms with Gasteiger partial charge in [0.1, 0.15) is 0 Å². The molecule has 0 radical (unpaired) electrons. The van der Waals surface area contributed by atoms with Gasteiger partial charge in [-0.2, -0.15) is 0 Å². The van der Waals surface area contributed by atoms with Gasteiger partial charge < -0.3 is 15.0 Å². The van der Waals surface area contributed by atoms with Crippen LogP contribution in [0.4, 0.5) is 0 Å². The molecule has 1 atom stereocenters. The maximum atomic E-state index is 12.7. The van der Waals surface area contributed by atoms with Gasteiger partial charge in [0.05, 0.1) is 6.10 Å². The molecule has 1 aromatic rings. The van der Waals surface area contributed by atoms with Crippen molar-refractivity contribution in [1.29, 1.82) is 0 Å². The van der Waals surface area contributed by atoms with Crippen LogP contribution in [0, 0.1) is 0 Å². The molecular formula is C17H22N2O3. The first kappa shape index (κ1) is 16.2. The van der Waals surface area contributed by atoms with Gasteiger partial charge in [-0.1, -0.05) is 24.8 Å². The van der Waals surface area contributed by atoms with Crippen LogP contribution in [0.15, 0.2) is 36.9 Å². The van der Waals surface area contributed by atoms with Crippen molar-refractivity contribution in [3.05, 3.63) is 48.0 Å². The van der Waals surface area contributed by atoms with Crippen molar-refractivity contribution < 1.29 is 14.3 Å². The number of carbonyl (C=O) groups is 2. The van der Waals surface area contributed by atoms with Crippen molar-refractivity contribution in [2.45, 2.75) is 26.0 Å². The summed E-state index contributed by atoms with van der Waals surface area (Å²) >= 11 is 0. The summed E-state index contributed by atoms with van der Waals surface area (Å²) in [6.45, 7) is 7.69. The highest BCUT2D eigenvalue weighted by Gasteiger charge is 2.28. The van der Waals surface area contributed by atoms with Crippen LogP contribution >= 0.6 is 0 Å². The number of ether oxygens (including phenoxy) is 1. The second-order valence-corrected chi connectivity index (χ2v) is 5.20. The first-order valence-corrected chi connectivity index (χ1v) is 7.54. The fourth-order valence-corrected chi connectivity index (χ4v) is 2.59. The molecule has 2 rings (SSSR count). The van der Waals surface area contributed by atoms with Crippen molar-refractivity contribution in [1.82, 2.24) is 10.2 Å². The molecule has 1 saturated heterocycles. The standard InChI is InChI=1S/C17H22N2O3/c1-3-16(20)18-11-13-7-5-6-8-15(13)17(21)19-10-9-14(12-19)22-4-2/h3,5-8,14H,1,4,9-12H2,2H3,(H,18,20)/t14-/m1/s1. The molecule has 0 aromatic heterocycles. The van der Waals surface area contributed by atoms with E-state index in [0.717, 1.165) is 12.0 Å². The molecule has 118 valence electrons. The van der Waals surface area contributed by atoms with Crippen LogP contribution in [0.1, 0.15) is 29.3 Å². The second kappa shape index (κ2) is 7.75. The lowest BCUT2D eigenvalue weighted by molar-refractivity contribution is -0.116. The Morgan fingerprint density at radius 2 is 2.23 bits per heavy atom. The number of hydrogen-bond acceptors (Lipinski definition) is 3. The first-order valence-electron chi connectivity index (χ1n) is 7.54. The number of nitrogens with one attached hydrogen (secondary N) is 1. The number of amides is 2. The molecule has 2 amide bonds. The van der Waals surface area contributed by atoms with Gasteiger partial charge in [-0.25, -0.2) is 0 Å². The Hall–Kier alpha value is -2.14. The van der Waals surface area contributed by atoms with E-state index in [2.05, 4.69) is 11.9 Å². The van der Waals surface area contributed by atoms with E-state index < -0.39 is 0 Å². The van der Waals surface area contributed by atoms with Gasteiger partial charge in [-0.15, -0.1) is 0 Å². The Balaban J connectivity index is 2.06. The van der Waals surface area contributed by atoms with Gasteiger partial charge in [-0.05, 0) is 31.1 Å². The highest BCUT2D eigenvalue weighted by molar-refractivity contribution is 5.96. The predicted molar refractivity (Wildman–Crippen MR) is 84.4 cm³/mol. The molecule has 0 aliphatic carbocycles. The smallest absolute Gasteiger partial charge is 0.254 e. The van der Waals surface area contributed by atoms with Crippen molar-refractivity contribution >= 4 is 11.8 Å². The molecule has 1 aliphatic heterocycles. The highest BCUT2D eigenvalue weighted by Crippen LogP contribution is 2.18. The minimum atomic E-state index is -0.250. The van der Waals surface area contributed by atoms with Crippen LogP contribution in [0.5, 0.6) is 0 Å². The van der Waals surface area contributed by atoms with E-state index in [4.69, 9.17) is 4.74 Å². The first-order chi connectivity index (χ1) is 10.7. The maximum absolute atomic E-state index is 12.7. The highest BCUT2D eigenvalue weighted by atomic mass is 16.5. The molecule has 0 saturated carbocycles. The molecule has 0 bridgehead atoms. The largest absolute Gasteiger partial charge is 0.377 e. The zero-order chi connectivity index (χ0) is 15.9. The number of benzene rings is 1. The average Bonchev–Trinajstić information content (AvgIpc) is 3.01. The normalized spacial score (nSPS) is 17.3. The number of rotatable bonds is 6. The van der Waals surface area contributed by atoms with Crippen molar-refractivity contribution in [3.63, 3.8) is 0 Å². The van der Waals surface area contributed by atoms with E-state index >= 15 is 0 Å². The number of nitrogens with zero attached hydrogens (tertiary/aromatic N) is 1. The van der Waals surface area contributed by atoms with Crippen LogP contribution in [0.2, 0.25) is 0 Å². The van der Waals surface area contributed by atoms with Crippen LogP contribution in [0.3, 0.4) is 0 Å². The molecule has 5 nitrogen and oxygen atoms in total. The fourth-order valence-electron chi connectivity index (χ4n) is 2.59. The van der Waals surface area contributed by atoms with Gasteiger partial charge in [0.15, 0.2) is 0 Å². The third-order valence-electron chi connectivity index (χ3n) is 3.72. The average molecular weight is 302 g/mol. The maximum Gasteiger partial charge on any atom is 0.254 e. The third kappa shape index (κ3) is 3.95. The summed E-state index contributed by atoms with van der Waals surface area (Å²) in [5.74, 6) is -0.259. The summed E-state index contributed by atoms with van der Waals surface area (Å²) in [4.78, 5) is 25.8. The van der Waals surface area contributed by atoms with E-state index in [1.165, 1.54) is 6.08 Å². The quantitative estimate of drug-likeness (QED) is 0.814. The number of carbonyl (C=O) groups excluding carboxylic acids is 2. The lowest BCUT2D eigenvalue weighted by Gasteiger charge is -2.18. The monoisotopic (exact) mass is 302 g/mol. The molecule has 5 heteroatoms. The lowest BCUT2D eigenvalue weighted by Crippen LogP contribution is -2.31. The van der Waals surface area contributed by atoms with Crippen LogP contribution in [-0.2, 0) is 16.1 Å². The van der Waals surface area contributed by atoms with E-state index in [0.29, 0.717) is 31.8 Å². The van der Waals surface area contributed by atoms with Gasteiger partial charge >= 0.3 is 0 Å². The zero-order valence-electron chi connectivity index (χ0n) is 12.9. The molecule has 0 spiro atoms. The Labute approximate surface area is 130 Å². The Bertz CT molecular complexity index is 557. The molecule has 1 aliphatic rings. The summed E-state index contributed by atoms with van der Waals surface area (Å²) in [5.41, 5.74) is 1.44. The third-order valence-corrected chi connectivity index (χ3v) is 3.72. The van der Waals surface area contributed by atoms with Crippen LogP contribution in [-0.4, -0.2) is 42.5 Å². The summed E-state index contributed by atoms with van der Waals surface area (Å²) in [5, 5.41) is 2.71. The molecule has 0 unspecified atom stereocenters. The molecule has 1 N–H and O–H groups in total. The summed E-state index contributed by atoms with van der Waals surface area (Å²) in [7, 11) is 0. The Morgan fingerprint density at radius 1 is 1.45 bits per heavy atom. The molecule has 1 fully saturated rings. The molecular weight excluding hydrogens is 280 g/mol. The Morgan fingerprint density at radius 3 is 2.95 bits per heavy atom. The summed E-state index contributed by atoms with van der Waals surface area (Å²) < 4.78 is 5.58. The molecule has 22 heavy (non-hydrogen) atoms. The summed E-state index contributed by atoms with van der Waals surface area (Å²) in [6, 6.07) is 7.35. The number of likely N-dealkylation sites (tertiary alicyclic amines) is 1. The second-order valence-electron chi connectivity index (χ2n) is 5.20. The predicted octanol–water partition coefficient (Wildman–Crippen LogP) is 1.74. The van der Waals surface area contributed by atoms with Crippen molar-refractivity contribution in [2.75, 3.05) is 19.7 Å². The SMILES string of the molecule is C=CC(=O)NCc1ccccc1C(=O)N1CC[C@@H](OCC)C1. The number of hydrogen-bond donors (Lipinski definition) is 1.